The van der Waals surface area contributed by atoms with Crippen LogP contribution in [0.15, 0.2) is 22.6 Å². The minimum absolute atomic E-state index is 0.0125. The van der Waals surface area contributed by atoms with Gasteiger partial charge >= 0.3 is 0 Å². The Morgan fingerprint density at radius 3 is 2.11 bits per heavy atom. The van der Waals surface area contributed by atoms with Gasteiger partial charge < -0.3 is 4.42 Å². The van der Waals surface area contributed by atoms with Crippen molar-refractivity contribution in [2.45, 2.75) is 41.0 Å². The van der Waals surface area contributed by atoms with Gasteiger partial charge in [0, 0.05) is 12.0 Å². The normalized spacial score (nSPS) is 10.8. The molecular weight excluding hydrogens is 236 g/mol. The Morgan fingerprint density at radius 1 is 1.05 bits per heavy atom. The molecule has 2 rings (SSSR count). The highest BCUT2D eigenvalue weighted by Gasteiger charge is 2.20. The molecule has 0 saturated heterocycles. The zero-order chi connectivity index (χ0) is 14.2. The van der Waals surface area contributed by atoms with Crippen LogP contribution in [0.1, 0.15) is 51.1 Å². The van der Waals surface area contributed by atoms with Crippen LogP contribution in [0.3, 0.4) is 0 Å². The lowest BCUT2D eigenvalue weighted by molar-refractivity contribution is 0.101. The fourth-order valence-corrected chi connectivity index (χ4v) is 2.37. The van der Waals surface area contributed by atoms with E-state index < -0.39 is 0 Å². The number of furan rings is 1. The van der Waals surface area contributed by atoms with Crippen molar-refractivity contribution in [1.29, 1.82) is 0 Å². The second kappa shape index (κ2) is 5.04. The first kappa shape index (κ1) is 13.6. The fourth-order valence-electron chi connectivity index (χ4n) is 2.37. The van der Waals surface area contributed by atoms with Crippen LogP contribution in [0.2, 0.25) is 0 Å². The maximum Gasteiger partial charge on any atom is 0.228 e. The smallest absolute Gasteiger partial charge is 0.228 e. The summed E-state index contributed by atoms with van der Waals surface area (Å²) in [5.41, 5.74) is 5.17. The van der Waals surface area contributed by atoms with Gasteiger partial charge in [0.25, 0.3) is 0 Å². The lowest BCUT2D eigenvalue weighted by Crippen LogP contribution is -2.08. The molecule has 1 aromatic heterocycles. The summed E-state index contributed by atoms with van der Waals surface area (Å²) >= 11 is 0. The van der Waals surface area contributed by atoms with Gasteiger partial charge in [0.05, 0.1) is 0 Å². The number of hydrogen-bond donors (Lipinski definition) is 0. The minimum Gasteiger partial charge on any atom is -0.458 e. The third kappa shape index (κ3) is 2.35. The van der Waals surface area contributed by atoms with E-state index in [9.17, 15) is 4.79 Å². The van der Waals surface area contributed by atoms with Crippen molar-refractivity contribution in [3.8, 4) is 0 Å². The second-order valence-corrected chi connectivity index (χ2v) is 5.08. The highest BCUT2D eigenvalue weighted by molar-refractivity contribution is 6.09. The van der Waals surface area contributed by atoms with E-state index in [-0.39, 0.29) is 5.78 Å². The lowest BCUT2D eigenvalue weighted by atomic mass is 9.91. The summed E-state index contributed by atoms with van der Waals surface area (Å²) in [6.45, 7) is 10.1. The van der Waals surface area contributed by atoms with Crippen molar-refractivity contribution in [3.63, 3.8) is 0 Å². The monoisotopic (exact) mass is 256 g/mol. The molecule has 19 heavy (non-hydrogen) atoms. The predicted octanol–water partition coefficient (Wildman–Crippen LogP) is 4.31. The molecule has 0 amide bonds. The summed E-state index contributed by atoms with van der Waals surface area (Å²) in [6, 6.07) is 5.78. The molecule has 0 radical (unpaired) electrons. The van der Waals surface area contributed by atoms with Crippen LogP contribution in [0.5, 0.6) is 0 Å². The largest absolute Gasteiger partial charge is 0.458 e. The maximum absolute atomic E-state index is 12.6. The summed E-state index contributed by atoms with van der Waals surface area (Å²) in [5, 5.41) is 0. The van der Waals surface area contributed by atoms with Crippen LogP contribution >= 0.6 is 0 Å². The molecule has 1 aromatic carbocycles. The third-order valence-corrected chi connectivity index (χ3v) is 3.83. The van der Waals surface area contributed by atoms with Crippen molar-refractivity contribution in [3.05, 3.63) is 57.5 Å². The number of carbonyl (C=O) groups is 1. The first-order valence-electron chi connectivity index (χ1n) is 6.66. The van der Waals surface area contributed by atoms with E-state index in [1.165, 1.54) is 0 Å². The Morgan fingerprint density at radius 2 is 1.63 bits per heavy atom. The first-order chi connectivity index (χ1) is 8.95. The van der Waals surface area contributed by atoms with Gasteiger partial charge in [0.1, 0.15) is 5.76 Å². The molecule has 100 valence electrons. The van der Waals surface area contributed by atoms with Crippen molar-refractivity contribution in [2.75, 3.05) is 0 Å². The molecule has 0 aliphatic heterocycles. The molecule has 0 atom stereocenters. The number of rotatable bonds is 3. The molecule has 0 N–H and O–H groups in total. The van der Waals surface area contributed by atoms with Gasteiger partial charge in [-0.1, -0.05) is 13.0 Å². The van der Waals surface area contributed by atoms with E-state index in [0.29, 0.717) is 5.76 Å². The van der Waals surface area contributed by atoms with Gasteiger partial charge in [-0.2, -0.15) is 0 Å². The van der Waals surface area contributed by atoms with Crippen LogP contribution in [-0.2, 0) is 6.42 Å². The highest BCUT2D eigenvalue weighted by atomic mass is 16.3. The fraction of sp³-hybridized carbons (Fsp3) is 0.353. The SMILES string of the molecule is CCc1ccc(C(=O)c2c(C)c(C)cc(C)c2C)o1. The molecule has 2 nitrogen and oxygen atoms in total. The van der Waals surface area contributed by atoms with Gasteiger partial charge in [-0.3, -0.25) is 4.79 Å². The third-order valence-electron chi connectivity index (χ3n) is 3.83. The van der Waals surface area contributed by atoms with Crippen LogP contribution in [0, 0.1) is 27.7 Å². The van der Waals surface area contributed by atoms with Crippen LogP contribution < -0.4 is 0 Å². The Bertz CT molecular complexity index is 607. The molecule has 0 saturated carbocycles. The number of ketones is 1. The topological polar surface area (TPSA) is 30.2 Å². The molecule has 0 spiro atoms. The molecule has 0 fully saturated rings. The van der Waals surface area contributed by atoms with Crippen LogP contribution in [0.4, 0.5) is 0 Å². The van der Waals surface area contributed by atoms with E-state index in [2.05, 4.69) is 6.07 Å². The average molecular weight is 256 g/mol. The summed E-state index contributed by atoms with van der Waals surface area (Å²) in [7, 11) is 0. The van der Waals surface area contributed by atoms with Gasteiger partial charge in [0.15, 0.2) is 5.76 Å². The highest BCUT2D eigenvalue weighted by Crippen LogP contribution is 2.25. The van der Waals surface area contributed by atoms with Crippen LogP contribution in [-0.4, -0.2) is 5.78 Å². The average Bonchev–Trinajstić information content (AvgIpc) is 2.85. The lowest BCUT2D eigenvalue weighted by Gasteiger charge is -2.13. The number of hydrogen-bond acceptors (Lipinski definition) is 2. The molecule has 2 aromatic rings. The maximum atomic E-state index is 12.6. The van der Waals surface area contributed by atoms with Gasteiger partial charge in [-0.25, -0.2) is 0 Å². The Kier molecular flexibility index (Phi) is 3.61. The Balaban J connectivity index is 2.55. The van der Waals surface area contributed by atoms with Crippen molar-refractivity contribution in [1.82, 2.24) is 0 Å². The molecular formula is C17H20O2. The van der Waals surface area contributed by atoms with Gasteiger partial charge in [0.2, 0.25) is 5.78 Å². The zero-order valence-electron chi connectivity index (χ0n) is 12.3. The van der Waals surface area contributed by atoms with Crippen molar-refractivity contribution < 1.29 is 9.21 Å². The van der Waals surface area contributed by atoms with E-state index in [1.807, 2.05) is 40.7 Å². The quantitative estimate of drug-likeness (QED) is 0.766. The summed E-state index contributed by atoms with van der Waals surface area (Å²) < 4.78 is 5.59. The summed E-state index contributed by atoms with van der Waals surface area (Å²) in [6.07, 6.45) is 0.804. The molecule has 0 bridgehead atoms. The second-order valence-electron chi connectivity index (χ2n) is 5.08. The molecule has 1 heterocycles. The predicted molar refractivity (Wildman–Crippen MR) is 76.9 cm³/mol. The minimum atomic E-state index is -0.0125. The first-order valence-corrected chi connectivity index (χ1v) is 6.66. The van der Waals surface area contributed by atoms with E-state index in [1.54, 1.807) is 6.07 Å². The van der Waals surface area contributed by atoms with Crippen molar-refractivity contribution >= 4 is 5.78 Å². The van der Waals surface area contributed by atoms with E-state index in [0.717, 1.165) is 40.0 Å². The molecule has 0 unspecified atom stereocenters. The zero-order valence-corrected chi connectivity index (χ0v) is 12.3. The molecule has 2 heteroatoms. The van der Waals surface area contributed by atoms with Gasteiger partial charge in [-0.05, 0) is 62.1 Å². The Labute approximate surface area is 114 Å². The van der Waals surface area contributed by atoms with Crippen LogP contribution in [0.25, 0.3) is 0 Å². The molecule has 0 aliphatic rings. The molecule has 0 aliphatic carbocycles. The summed E-state index contributed by atoms with van der Waals surface area (Å²) in [4.78, 5) is 12.6. The Hall–Kier alpha value is -1.83. The van der Waals surface area contributed by atoms with E-state index in [4.69, 9.17) is 4.42 Å². The number of benzene rings is 1. The number of carbonyl (C=O) groups excluding carboxylic acids is 1. The summed E-state index contributed by atoms with van der Waals surface area (Å²) in [5.74, 6) is 1.28. The van der Waals surface area contributed by atoms with E-state index >= 15 is 0 Å². The number of aryl methyl sites for hydroxylation is 3. The standard InChI is InChI=1S/C17H20O2/c1-6-14-7-8-15(19-14)17(18)16-12(4)10(2)9-11(3)13(16)5/h7-9H,6H2,1-5H3. The van der Waals surface area contributed by atoms with Gasteiger partial charge in [-0.15, -0.1) is 0 Å². The van der Waals surface area contributed by atoms with Crippen molar-refractivity contribution in [2.24, 2.45) is 0 Å².